The van der Waals surface area contributed by atoms with E-state index in [1.165, 1.54) is 12.1 Å². The third kappa shape index (κ3) is 2.97. The van der Waals surface area contributed by atoms with Crippen LogP contribution in [-0.2, 0) is 14.3 Å². The van der Waals surface area contributed by atoms with Gasteiger partial charge in [0, 0.05) is 11.5 Å². The molecule has 0 aromatic heterocycles. The Hall–Kier alpha value is -2.12. The van der Waals surface area contributed by atoms with E-state index in [9.17, 15) is 14.7 Å². The van der Waals surface area contributed by atoms with Gasteiger partial charge in [-0.1, -0.05) is 6.07 Å². The van der Waals surface area contributed by atoms with Crippen LogP contribution in [0.5, 0.6) is 5.75 Å². The molecule has 4 atom stereocenters. The fourth-order valence-electron chi connectivity index (χ4n) is 3.29. The summed E-state index contributed by atoms with van der Waals surface area (Å²) in [6.45, 7) is 0.738. The topological polar surface area (TPSA) is 96.9 Å². The maximum atomic E-state index is 12.3. The number of carbonyl (C=O) groups is 2. The van der Waals surface area contributed by atoms with Crippen molar-refractivity contribution in [3.8, 4) is 5.75 Å². The van der Waals surface area contributed by atoms with Crippen LogP contribution in [0.4, 0.5) is 0 Å². The minimum atomic E-state index is -0.283. The first-order chi connectivity index (χ1) is 11.6. The van der Waals surface area contributed by atoms with Crippen LogP contribution in [0.3, 0.4) is 0 Å². The zero-order valence-corrected chi connectivity index (χ0v) is 13.1. The molecule has 2 saturated heterocycles. The highest BCUT2D eigenvalue weighted by atomic mass is 16.6. The summed E-state index contributed by atoms with van der Waals surface area (Å²) < 4.78 is 11.5. The molecule has 2 aliphatic heterocycles. The van der Waals surface area contributed by atoms with Gasteiger partial charge in [-0.25, -0.2) is 0 Å². The number of benzene rings is 1. The van der Waals surface area contributed by atoms with Crippen LogP contribution in [0.15, 0.2) is 24.3 Å². The van der Waals surface area contributed by atoms with E-state index in [2.05, 4.69) is 10.6 Å². The standard InChI is InChI=1S/C17H20N2O5/c20-11-3-1-2-10(6-11)17(22)19-13-8-24-14-12(7-23-15(13)14)18-16(21)9-4-5-9/h1-3,6,9,12-15,20H,4-5,7-8H2,(H,18,21)(H,19,22). The molecule has 0 spiro atoms. The first-order valence-corrected chi connectivity index (χ1v) is 8.25. The van der Waals surface area contributed by atoms with Crippen molar-refractivity contribution >= 4 is 11.8 Å². The fraction of sp³-hybridized carbons (Fsp3) is 0.529. The van der Waals surface area contributed by atoms with Crippen molar-refractivity contribution in [3.05, 3.63) is 29.8 Å². The van der Waals surface area contributed by atoms with Crippen molar-refractivity contribution in [2.45, 2.75) is 37.1 Å². The molecule has 24 heavy (non-hydrogen) atoms. The third-order valence-corrected chi connectivity index (χ3v) is 4.75. The van der Waals surface area contributed by atoms with E-state index in [0.717, 1.165) is 12.8 Å². The number of nitrogens with one attached hydrogen (secondary N) is 2. The Bertz CT molecular complexity index is 660. The van der Waals surface area contributed by atoms with Gasteiger partial charge >= 0.3 is 0 Å². The Morgan fingerprint density at radius 1 is 1.04 bits per heavy atom. The Balaban J connectivity index is 1.36. The molecule has 3 aliphatic rings. The predicted octanol–water partition coefficient (Wildman–Crippen LogP) is 0.183. The average Bonchev–Trinajstić information content (AvgIpc) is 3.24. The lowest BCUT2D eigenvalue weighted by Gasteiger charge is -2.18. The normalized spacial score (nSPS) is 31.5. The molecule has 4 unspecified atom stereocenters. The summed E-state index contributed by atoms with van der Waals surface area (Å²) in [7, 11) is 0. The first kappa shape index (κ1) is 15.4. The van der Waals surface area contributed by atoms with Crippen molar-refractivity contribution < 1.29 is 24.2 Å². The molecule has 3 N–H and O–H groups in total. The molecule has 7 heteroatoms. The van der Waals surface area contributed by atoms with Crippen LogP contribution in [0.25, 0.3) is 0 Å². The number of fused-ring (bicyclic) bond motifs is 1. The number of ether oxygens (including phenoxy) is 2. The molecule has 128 valence electrons. The van der Waals surface area contributed by atoms with Crippen molar-refractivity contribution in [2.24, 2.45) is 5.92 Å². The van der Waals surface area contributed by atoms with Gasteiger partial charge in [-0.2, -0.15) is 0 Å². The fourth-order valence-corrected chi connectivity index (χ4v) is 3.29. The van der Waals surface area contributed by atoms with Crippen molar-refractivity contribution in [3.63, 3.8) is 0 Å². The van der Waals surface area contributed by atoms with E-state index in [1.54, 1.807) is 12.1 Å². The van der Waals surface area contributed by atoms with Gasteiger partial charge in [0.15, 0.2) is 0 Å². The second-order valence-electron chi connectivity index (χ2n) is 6.62. The summed E-state index contributed by atoms with van der Waals surface area (Å²) in [4.78, 5) is 24.2. The zero-order chi connectivity index (χ0) is 16.7. The zero-order valence-electron chi connectivity index (χ0n) is 13.1. The smallest absolute Gasteiger partial charge is 0.251 e. The van der Waals surface area contributed by atoms with Gasteiger partial charge in [0.05, 0.1) is 25.3 Å². The largest absolute Gasteiger partial charge is 0.508 e. The molecule has 4 rings (SSSR count). The van der Waals surface area contributed by atoms with Gasteiger partial charge in [-0.3, -0.25) is 9.59 Å². The lowest BCUT2D eigenvalue weighted by Crippen LogP contribution is -2.47. The molecule has 3 fully saturated rings. The highest BCUT2D eigenvalue weighted by Gasteiger charge is 2.49. The molecular weight excluding hydrogens is 312 g/mol. The van der Waals surface area contributed by atoms with Crippen molar-refractivity contribution in [2.75, 3.05) is 13.2 Å². The Labute approximate surface area is 139 Å². The van der Waals surface area contributed by atoms with Crippen LogP contribution in [0.1, 0.15) is 23.2 Å². The minimum absolute atomic E-state index is 0.0446. The second-order valence-corrected chi connectivity index (χ2v) is 6.62. The van der Waals surface area contributed by atoms with Crippen LogP contribution in [0, 0.1) is 5.92 Å². The van der Waals surface area contributed by atoms with Crippen LogP contribution in [0.2, 0.25) is 0 Å². The summed E-state index contributed by atoms with van der Waals surface area (Å²) in [5, 5.41) is 15.4. The number of rotatable bonds is 4. The molecule has 1 aliphatic carbocycles. The van der Waals surface area contributed by atoms with Gasteiger partial charge in [-0.05, 0) is 31.0 Å². The number of aromatic hydroxyl groups is 1. The summed E-state index contributed by atoms with van der Waals surface area (Å²) in [6.07, 6.45) is 1.41. The van der Waals surface area contributed by atoms with E-state index in [4.69, 9.17) is 9.47 Å². The van der Waals surface area contributed by atoms with E-state index < -0.39 is 0 Å². The molecule has 0 radical (unpaired) electrons. The highest BCUT2D eigenvalue weighted by Crippen LogP contribution is 2.31. The number of phenols is 1. The number of hydrogen-bond acceptors (Lipinski definition) is 5. The van der Waals surface area contributed by atoms with Crippen molar-refractivity contribution in [1.82, 2.24) is 10.6 Å². The van der Waals surface area contributed by atoms with E-state index in [-0.39, 0.29) is 47.8 Å². The lowest BCUT2D eigenvalue weighted by molar-refractivity contribution is -0.123. The molecule has 0 bridgehead atoms. The number of phenolic OH excluding ortho intramolecular Hbond substituents is 1. The van der Waals surface area contributed by atoms with Gasteiger partial charge < -0.3 is 25.2 Å². The van der Waals surface area contributed by atoms with Crippen LogP contribution in [-0.4, -0.2) is 54.4 Å². The number of amides is 2. The van der Waals surface area contributed by atoms with Gasteiger partial charge in [0.2, 0.25) is 5.91 Å². The number of carbonyl (C=O) groups excluding carboxylic acids is 2. The monoisotopic (exact) mass is 332 g/mol. The molecule has 2 heterocycles. The summed E-state index contributed by atoms with van der Waals surface area (Å²) >= 11 is 0. The predicted molar refractivity (Wildman–Crippen MR) is 83.5 cm³/mol. The lowest BCUT2D eigenvalue weighted by atomic mass is 10.1. The Morgan fingerprint density at radius 2 is 1.71 bits per heavy atom. The van der Waals surface area contributed by atoms with Crippen molar-refractivity contribution in [1.29, 1.82) is 0 Å². The van der Waals surface area contributed by atoms with E-state index >= 15 is 0 Å². The van der Waals surface area contributed by atoms with E-state index in [0.29, 0.717) is 18.8 Å². The Kier molecular flexibility index (Phi) is 3.90. The third-order valence-electron chi connectivity index (χ3n) is 4.75. The molecule has 1 saturated carbocycles. The minimum Gasteiger partial charge on any atom is -0.508 e. The van der Waals surface area contributed by atoms with Gasteiger partial charge in [0.25, 0.3) is 5.91 Å². The average molecular weight is 332 g/mol. The SMILES string of the molecule is O=C(NC1COC2C(NC(=O)C3CC3)COC12)c1cccc(O)c1. The Morgan fingerprint density at radius 3 is 2.33 bits per heavy atom. The molecule has 7 nitrogen and oxygen atoms in total. The summed E-state index contributed by atoms with van der Waals surface area (Å²) in [5.74, 6) is -0.0239. The quantitative estimate of drug-likeness (QED) is 0.731. The molecule has 1 aromatic rings. The van der Waals surface area contributed by atoms with Crippen LogP contribution < -0.4 is 10.6 Å². The molecule has 2 amide bonds. The summed E-state index contributed by atoms with van der Waals surface area (Å²) in [6, 6.07) is 5.75. The van der Waals surface area contributed by atoms with Gasteiger partial charge in [0.1, 0.15) is 18.0 Å². The molecular formula is C17H20N2O5. The number of hydrogen-bond donors (Lipinski definition) is 3. The summed E-state index contributed by atoms with van der Waals surface area (Å²) in [5.41, 5.74) is 0.384. The second kappa shape index (κ2) is 6.07. The van der Waals surface area contributed by atoms with E-state index in [1.807, 2.05) is 0 Å². The highest BCUT2D eigenvalue weighted by molar-refractivity contribution is 5.94. The van der Waals surface area contributed by atoms with Gasteiger partial charge in [-0.15, -0.1) is 0 Å². The maximum Gasteiger partial charge on any atom is 0.251 e. The first-order valence-electron chi connectivity index (χ1n) is 8.25. The molecule has 1 aromatic carbocycles. The van der Waals surface area contributed by atoms with Crippen LogP contribution >= 0.6 is 0 Å². The maximum absolute atomic E-state index is 12.3.